The Balaban J connectivity index is 1.59. The molecule has 3 aromatic rings. The fourth-order valence-electron chi connectivity index (χ4n) is 4.91. The van der Waals surface area contributed by atoms with Gasteiger partial charge in [0.25, 0.3) is 0 Å². The van der Waals surface area contributed by atoms with Gasteiger partial charge in [0.2, 0.25) is 0 Å². The van der Waals surface area contributed by atoms with Crippen LogP contribution in [0.5, 0.6) is 0 Å². The molecule has 0 aliphatic carbocycles. The van der Waals surface area contributed by atoms with Crippen molar-refractivity contribution < 1.29 is 28.5 Å². The van der Waals surface area contributed by atoms with E-state index in [1.54, 1.807) is 30.3 Å². The number of hydrogen-bond donors (Lipinski definition) is 3. The van der Waals surface area contributed by atoms with Crippen molar-refractivity contribution in [3.63, 3.8) is 0 Å². The minimum absolute atomic E-state index is 0.0322. The molecule has 3 atom stereocenters. The normalized spacial score (nSPS) is 16.6. The minimum Gasteiger partial charge on any atom is -0.465 e. The lowest BCUT2D eigenvalue weighted by Gasteiger charge is -2.35. The molecule has 38 heavy (non-hydrogen) atoms. The summed E-state index contributed by atoms with van der Waals surface area (Å²) in [5.41, 5.74) is 3.86. The molecular weight excluding hydrogens is 492 g/mol. The maximum atomic E-state index is 13.9. The highest BCUT2D eigenvalue weighted by Gasteiger charge is 2.32. The third kappa shape index (κ3) is 6.93. The van der Waals surface area contributed by atoms with E-state index in [0.717, 1.165) is 46.3 Å². The zero-order valence-corrected chi connectivity index (χ0v) is 21.5. The summed E-state index contributed by atoms with van der Waals surface area (Å²) < 4.78 is 33.6. The topological polar surface area (TPSA) is 85.3 Å². The van der Waals surface area contributed by atoms with Crippen molar-refractivity contribution in [3.05, 3.63) is 101 Å². The van der Waals surface area contributed by atoms with Gasteiger partial charge in [0.1, 0.15) is 11.6 Å². The molecule has 1 amide bonds. The first kappa shape index (κ1) is 27.7. The van der Waals surface area contributed by atoms with Gasteiger partial charge in [-0.1, -0.05) is 36.4 Å². The number of benzene rings is 3. The van der Waals surface area contributed by atoms with E-state index in [4.69, 9.17) is 4.74 Å². The first-order chi connectivity index (χ1) is 18.2. The SMILES string of the molecule is CN(C)Cc1ccc2c(c1)C(NC[C@@H](O)[C@H](Cc1cc(F)cc(F)c1)N(C(=O)O)c1ccccc1)COC2. The predicted octanol–water partition coefficient (Wildman–Crippen LogP) is 4.34. The monoisotopic (exact) mass is 525 g/mol. The number of halogens is 2. The molecule has 3 N–H and O–H groups in total. The maximum Gasteiger partial charge on any atom is 0.412 e. The van der Waals surface area contributed by atoms with Crippen molar-refractivity contribution in [2.45, 2.75) is 37.8 Å². The number of carbonyl (C=O) groups is 1. The molecule has 1 unspecified atom stereocenters. The van der Waals surface area contributed by atoms with Gasteiger partial charge >= 0.3 is 6.09 Å². The zero-order chi connectivity index (χ0) is 27.2. The Hall–Kier alpha value is -3.37. The van der Waals surface area contributed by atoms with Gasteiger partial charge in [0, 0.05) is 24.8 Å². The molecule has 0 bridgehead atoms. The standard InChI is InChI=1S/C29H33F2N3O4/c1-33(2)16-19-8-9-21-17-38-18-26(25(21)12-19)32-15-28(35)27(13-20-10-22(30)14-23(31)11-20)34(29(36)37)24-6-4-3-5-7-24/h3-12,14,26-28,32,35H,13,15-18H2,1-2H3,(H,36,37)/t26?,27-,28+/m0/s1. The first-order valence-electron chi connectivity index (χ1n) is 12.5. The Morgan fingerprint density at radius 3 is 2.42 bits per heavy atom. The molecule has 0 fully saturated rings. The van der Waals surface area contributed by atoms with E-state index in [1.807, 2.05) is 20.2 Å². The molecule has 7 nitrogen and oxygen atoms in total. The van der Waals surface area contributed by atoms with Crippen LogP contribution in [0.3, 0.4) is 0 Å². The molecule has 1 aliphatic rings. The number of nitrogens with zero attached hydrogens (tertiary/aromatic N) is 2. The van der Waals surface area contributed by atoms with Gasteiger partial charge in [0.15, 0.2) is 0 Å². The van der Waals surface area contributed by atoms with Gasteiger partial charge in [-0.15, -0.1) is 0 Å². The van der Waals surface area contributed by atoms with Crippen LogP contribution in [0.1, 0.15) is 28.3 Å². The lowest BCUT2D eigenvalue weighted by atomic mass is 9.95. The van der Waals surface area contributed by atoms with Crippen LogP contribution in [0.2, 0.25) is 0 Å². The minimum atomic E-state index is -1.28. The first-order valence-corrected chi connectivity index (χ1v) is 12.5. The molecule has 0 spiro atoms. The Morgan fingerprint density at radius 1 is 1.05 bits per heavy atom. The number of para-hydroxylation sites is 1. The number of fused-ring (bicyclic) bond motifs is 1. The highest BCUT2D eigenvalue weighted by atomic mass is 19.1. The van der Waals surface area contributed by atoms with Gasteiger partial charge in [-0.25, -0.2) is 13.6 Å². The molecule has 1 aliphatic heterocycles. The van der Waals surface area contributed by atoms with Crippen LogP contribution in [0, 0.1) is 11.6 Å². The van der Waals surface area contributed by atoms with E-state index in [0.29, 0.717) is 18.9 Å². The van der Waals surface area contributed by atoms with Gasteiger partial charge in [-0.2, -0.15) is 0 Å². The second-order valence-corrected chi connectivity index (χ2v) is 9.85. The molecule has 9 heteroatoms. The van der Waals surface area contributed by atoms with Crippen molar-refractivity contribution in [3.8, 4) is 0 Å². The van der Waals surface area contributed by atoms with Crippen LogP contribution in [0.15, 0.2) is 66.7 Å². The molecule has 1 heterocycles. The number of aliphatic hydroxyl groups is 1. The maximum absolute atomic E-state index is 13.9. The fourth-order valence-corrected chi connectivity index (χ4v) is 4.91. The number of ether oxygens (including phenoxy) is 1. The van der Waals surface area contributed by atoms with E-state index in [-0.39, 0.29) is 24.6 Å². The van der Waals surface area contributed by atoms with E-state index in [2.05, 4.69) is 22.3 Å². The van der Waals surface area contributed by atoms with Crippen molar-refractivity contribution >= 4 is 11.8 Å². The average Bonchev–Trinajstić information content (AvgIpc) is 2.86. The fraction of sp³-hybridized carbons (Fsp3) is 0.345. The predicted molar refractivity (Wildman–Crippen MR) is 141 cm³/mol. The summed E-state index contributed by atoms with van der Waals surface area (Å²) in [6.45, 7) is 1.70. The van der Waals surface area contributed by atoms with Gasteiger partial charge in [0.05, 0.1) is 31.4 Å². The summed E-state index contributed by atoms with van der Waals surface area (Å²) in [5.74, 6) is -1.53. The highest BCUT2D eigenvalue weighted by molar-refractivity contribution is 5.87. The number of rotatable bonds is 10. The summed E-state index contributed by atoms with van der Waals surface area (Å²) in [7, 11) is 4.00. The molecule has 0 radical (unpaired) electrons. The van der Waals surface area contributed by atoms with Crippen molar-refractivity contribution in [1.82, 2.24) is 10.2 Å². The smallest absolute Gasteiger partial charge is 0.412 e. The highest BCUT2D eigenvalue weighted by Crippen LogP contribution is 2.27. The van der Waals surface area contributed by atoms with E-state index < -0.39 is 29.9 Å². The molecular formula is C29H33F2N3O4. The molecule has 202 valence electrons. The third-order valence-electron chi connectivity index (χ3n) is 6.58. The Kier molecular flexibility index (Phi) is 9.06. The van der Waals surface area contributed by atoms with Crippen LogP contribution in [-0.4, -0.2) is 60.6 Å². The van der Waals surface area contributed by atoms with Crippen molar-refractivity contribution in [2.75, 3.05) is 32.1 Å². The van der Waals surface area contributed by atoms with Crippen LogP contribution >= 0.6 is 0 Å². The number of anilines is 1. The lowest BCUT2D eigenvalue weighted by molar-refractivity contribution is 0.0717. The molecule has 4 rings (SSSR count). The van der Waals surface area contributed by atoms with Crippen LogP contribution in [0.25, 0.3) is 0 Å². The third-order valence-corrected chi connectivity index (χ3v) is 6.58. The van der Waals surface area contributed by atoms with Gasteiger partial charge in [-0.3, -0.25) is 4.90 Å². The summed E-state index contributed by atoms with van der Waals surface area (Å²) in [5, 5.41) is 24.8. The Morgan fingerprint density at radius 2 is 1.76 bits per heavy atom. The molecule has 0 saturated heterocycles. The van der Waals surface area contributed by atoms with E-state index in [9.17, 15) is 23.8 Å². The summed E-state index contributed by atoms with van der Waals surface area (Å²) in [6.07, 6.45) is -2.58. The summed E-state index contributed by atoms with van der Waals surface area (Å²) >= 11 is 0. The second-order valence-electron chi connectivity index (χ2n) is 9.85. The summed E-state index contributed by atoms with van der Waals surface area (Å²) in [4.78, 5) is 15.5. The number of nitrogens with one attached hydrogen (secondary N) is 1. The van der Waals surface area contributed by atoms with E-state index >= 15 is 0 Å². The largest absolute Gasteiger partial charge is 0.465 e. The Bertz CT molecular complexity index is 1220. The van der Waals surface area contributed by atoms with Crippen molar-refractivity contribution in [1.29, 1.82) is 0 Å². The van der Waals surface area contributed by atoms with Gasteiger partial charge < -0.3 is 25.2 Å². The molecule has 0 aromatic heterocycles. The number of carboxylic acid groups (broad SMARTS) is 1. The molecule has 0 saturated carbocycles. The number of hydrogen-bond acceptors (Lipinski definition) is 5. The average molecular weight is 526 g/mol. The quantitative estimate of drug-likeness (QED) is 0.365. The van der Waals surface area contributed by atoms with Crippen LogP contribution in [-0.2, 0) is 24.3 Å². The zero-order valence-electron chi connectivity index (χ0n) is 21.5. The van der Waals surface area contributed by atoms with E-state index in [1.165, 1.54) is 0 Å². The lowest BCUT2D eigenvalue weighted by Crippen LogP contribution is -2.52. The number of aliphatic hydroxyl groups excluding tert-OH is 1. The van der Waals surface area contributed by atoms with Crippen LogP contribution < -0.4 is 10.2 Å². The van der Waals surface area contributed by atoms with Gasteiger partial charge in [-0.05, 0) is 67.0 Å². The number of amides is 1. The molecule has 3 aromatic carbocycles. The Labute approximate surface area is 221 Å². The summed E-state index contributed by atoms with van der Waals surface area (Å²) in [6, 6.07) is 16.4. The van der Waals surface area contributed by atoms with Crippen LogP contribution in [0.4, 0.5) is 19.3 Å². The second kappa shape index (κ2) is 12.4. The van der Waals surface area contributed by atoms with Crippen molar-refractivity contribution in [2.24, 2.45) is 0 Å².